The molecule has 0 aliphatic carbocycles. The molecular weight excluding hydrogens is 353 g/mol. The number of aromatic nitrogens is 3. The van der Waals surface area contributed by atoms with Gasteiger partial charge in [-0.25, -0.2) is 0 Å². The molecule has 0 radical (unpaired) electrons. The van der Waals surface area contributed by atoms with E-state index in [1.807, 2.05) is 32.0 Å². The van der Waals surface area contributed by atoms with Crippen LogP contribution in [0.5, 0.6) is 0 Å². The van der Waals surface area contributed by atoms with Crippen molar-refractivity contribution in [2.75, 3.05) is 13.7 Å². The summed E-state index contributed by atoms with van der Waals surface area (Å²) in [5.74, 6) is 0.932. The quantitative estimate of drug-likeness (QED) is 0.671. The van der Waals surface area contributed by atoms with Crippen molar-refractivity contribution in [3.63, 3.8) is 0 Å². The summed E-state index contributed by atoms with van der Waals surface area (Å²) < 4.78 is 8.32. The summed E-state index contributed by atoms with van der Waals surface area (Å²) in [4.78, 5) is 9.50. The van der Waals surface area contributed by atoms with Crippen LogP contribution < -0.4 is 4.48 Å². The Morgan fingerprint density at radius 2 is 2.00 bits per heavy atom. The molecule has 0 saturated carbocycles. The molecule has 6 heteroatoms. The molecule has 3 aromatic rings. The molecule has 0 spiro atoms. The van der Waals surface area contributed by atoms with E-state index in [0.29, 0.717) is 19.6 Å². The first-order valence-corrected chi connectivity index (χ1v) is 8.86. The third kappa shape index (κ3) is 3.27. The topological polar surface area (TPSA) is 60.2 Å². The number of para-hydroxylation sites is 1. The van der Waals surface area contributed by atoms with E-state index < -0.39 is 5.60 Å². The number of methoxy groups -OCH3 is 1. The number of imidazole rings is 1. The van der Waals surface area contributed by atoms with Crippen LogP contribution in [0, 0.1) is 0 Å². The van der Waals surface area contributed by atoms with Crippen molar-refractivity contribution in [1.82, 2.24) is 14.5 Å². The van der Waals surface area contributed by atoms with Crippen molar-refractivity contribution >= 4 is 43.3 Å². The van der Waals surface area contributed by atoms with E-state index in [0.717, 1.165) is 32.2 Å². The van der Waals surface area contributed by atoms with E-state index in [2.05, 4.69) is 10.6 Å². The SMILES string of the molecule is COCCc1nc2c([AsH2])nc3ccccc3c2n1CC(C)(C)O. The molecule has 1 N–H and O–H groups in total. The zero-order valence-corrected chi connectivity index (χ0v) is 16.1. The van der Waals surface area contributed by atoms with Crippen LogP contribution in [-0.4, -0.2) is 55.8 Å². The number of fused-ring (bicyclic) bond motifs is 3. The van der Waals surface area contributed by atoms with Gasteiger partial charge in [-0.3, -0.25) is 0 Å². The van der Waals surface area contributed by atoms with Gasteiger partial charge in [0.15, 0.2) is 0 Å². The summed E-state index contributed by atoms with van der Waals surface area (Å²) >= 11 is 1.47. The number of ether oxygens (including phenoxy) is 1. The van der Waals surface area contributed by atoms with Crippen molar-refractivity contribution < 1.29 is 9.84 Å². The third-order valence-electron chi connectivity index (χ3n) is 3.76. The number of rotatable bonds is 5. The minimum atomic E-state index is -0.821. The monoisotopic (exact) mass is 375 g/mol. The van der Waals surface area contributed by atoms with E-state index in [-0.39, 0.29) is 0 Å². The predicted octanol–water partition coefficient (Wildman–Crippen LogP) is 0.803. The Bertz CT molecular complexity index is 852. The van der Waals surface area contributed by atoms with Crippen LogP contribution in [0.15, 0.2) is 24.3 Å². The van der Waals surface area contributed by atoms with E-state index in [9.17, 15) is 5.11 Å². The van der Waals surface area contributed by atoms with Gasteiger partial charge in [0.1, 0.15) is 0 Å². The summed E-state index contributed by atoms with van der Waals surface area (Å²) in [6, 6.07) is 8.10. The number of nitrogens with zero attached hydrogens (tertiary/aromatic N) is 3. The molecule has 1 aromatic carbocycles. The molecule has 3 rings (SSSR count). The number of aliphatic hydroxyl groups is 1. The van der Waals surface area contributed by atoms with Gasteiger partial charge in [-0.1, -0.05) is 0 Å². The summed E-state index contributed by atoms with van der Waals surface area (Å²) in [6.07, 6.45) is 0.710. The molecule has 0 saturated heterocycles. The van der Waals surface area contributed by atoms with Gasteiger partial charge in [0.05, 0.1) is 0 Å². The molecular formula is C17H22AsN3O2. The first-order valence-electron chi connectivity index (χ1n) is 7.65. The number of hydrogen-bond donors (Lipinski definition) is 1. The molecule has 0 bridgehead atoms. The Morgan fingerprint density at radius 3 is 2.70 bits per heavy atom. The maximum absolute atomic E-state index is 10.3. The second kappa shape index (κ2) is 6.23. The first-order chi connectivity index (χ1) is 10.9. The molecule has 1 unspecified atom stereocenters. The molecule has 0 aliphatic rings. The van der Waals surface area contributed by atoms with Gasteiger partial charge in [-0.2, -0.15) is 0 Å². The average Bonchev–Trinajstić information content (AvgIpc) is 2.83. The number of pyridine rings is 1. The fourth-order valence-corrected chi connectivity index (χ4v) is 3.56. The van der Waals surface area contributed by atoms with Crippen molar-refractivity contribution in [2.24, 2.45) is 0 Å². The van der Waals surface area contributed by atoms with Crippen LogP contribution in [-0.2, 0) is 17.7 Å². The van der Waals surface area contributed by atoms with Crippen molar-refractivity contribution in [2.45, 2.75) is 32.4 Å². The minimum absolute atomic E-state index is 0.489. The zero-order chi connectivity index (χ0) is 16.6. The molecule has 23 heavy (non-hydrogen) atoms. The van der Waals surface area contributed by atoms with Gasteiger partial charge in [0.2, 0.25) is 0 Å². The molecule has 1 atom stereocenters. The van der Waals surface area contributed by atoms with Gasteiger partial charge in [-0.05, 0) is 0 Å². The van der Waals surface area contributed by atoms with Crippen LogP contribution in [0.25, 0.3) is 21.9 Å². The summed E-state index contributed by atoms with van der Waals surface area (Å²) in [5.41, 5.74) is 2.13. The molecule has 122 valence electrons. The van der Waals surface area contributed by atoms with Crippen molar-refractivity contribution in [3.8, 4) is 0 Å². The molecule has 0 aliphatic heterocycles. The Hall–Kier alpha value is -1.42. The Balaban J connectivity index is 2.32. The standard InChI is InChI=1S/C17H22AsN3O2/c1-17(2,22)10-21-13(8-9-23-3)20-14-15(21)11-6-4-5-7-12(11)19-16(14)18/h4-7,22H,8-10,18H2,1-3H3. The van der Waals surface area contributed by atoms with Gasteiger partial charge in [-0.15, -0.1) is 0 Å². The zero-order valence-electron chi connectivity index (χ0n) is 13.7. The summed E-state index contributed by atoms with van der Waals surface area (Å²) in [5, 5.41) is 11.4. The molecule has 2 aromatic heterocycles. The van der Waals surface area contributed by atoms with Crippen LogP contribution in [0.4, 0.5) is 0 Å². The fourth-order valence-electron chi connectivity index (χ4n) is 2.85. The molecule has 2 heterocycles. The summed E-state index contributed by atoms with van der Waals surface area (Å²) in [6.45, 7) is 4.73. The van der Waals surface area contributed by atoms with E-state index >= 15 is 0 Å². The van der Waals surface area contributed by atoms with Crippen molar-refractivity contribution in [1.29, 1.82) is 0 Å². The van der Waals surface area contributed by atoms with Crippen LogP contribution in [0.2, 0.25) is 0 Å². The van der Waals surface area contributed by atoms with Crippen LogP contribution in [0.1, 0.15) is 19.7 Å². The van der Waals surface area contributed by atoms with Crippen molar-refractivity contribution in [3.05, 3.63) is 30.1 Å². The molecule has 5 nitrogen and oxygen atoms in total. The van der Waals surface area contributed by atoms with Crippen LogP contribution in [0.3, 0.4) is 0 Å². The molecule has 0 fully saturated rings. The molecule has 0 amide bonds. The van der Waals surface area contributed by atoms with Gasteiger partial charge in [0.25, 0.3) is 0 Å². The Labute approximate surface area is 144 Å². The second-order valence-corrected chi connectivity index (χ2v) is 7.53. The number of hydrogen-bond acceptors (Lipinski definition) is 4. The summed E-state index contributed by atoms with van der Waals surface area (Å²) in [7, 11) is 1.69. The maximum atomic E-state index is 10.3. The normalized spacial score (nSPS) is 12.4. The van der Waals surface area contributed by atoms with E-state index in [4.69, 9.17) is 14.7 Å². The van der Waals surface area contributed by atoms with Crippen LogP contribution >= 0.6 is 0 Å². The third-order valence-corrected chi connectivity index (χ3v) is 4.61. The second-order valence-electron chi connectivity index (χ2n) is 6.38. The first kappa shape index (κ1) is 16.4. The van der Waals surface area contributed by atoms with E-state index in [1.54, 1.807) is 7.11 Å². The predicted molar refractivity (Wildman–Crippen MR) is 95.1 cm³/mol. The van der Waals surface area contributed by atoms with E-state index in [1.165, 1.54) is 16.9 Å². The number of benzene rings is 1. The average molecular weight is 375 g/mol. The Morgan fingerprint density at radius 1 is 1.26 bits per heavy atom. The fraction of sp³-hybridized carbons (Fsp3) is 0.412. The van der Waals surface area contributed by atoms with Gasteiger partial charge in [0, 0.05) is 0 Å². The Kier molecular flexibility index (Phi) is 4.45. The van der Waals surface area contributed by atoms with Gasteiger partial charge >= 0.3 is 144 Å². The van der Waals surface area contributed by atoms with Gasteiger partial charge < -0.3 is 0 Å².